The largest absolute Gasteiger partial charge is 0.368 e. The molecule has 0 unspecified atom stereocenters. The molecule has 2 heterocycles. The van der Waals surface area contributed by atoms with Gasteiger partial charge in [0.1, 0.15) is 11.8 Å². The highest BCUT2D eigenvalue weighted by Gasteiger charge is 2.35. The normalized spacial score (nSPS) is 17.9. The SMILES string of the molecule is C[C@@H](Cn1cccn1)NC(=O)C1=NN(c2ccccc2)[C@@H](C(N)=O)C1. The van der Waals surface area contributed by atoms with Crippen molar-refractivity contribution in [1.82, 2.24) is 15.1 Å². The zero-order valence-electron chi connectivity index (χ0n) is 13.9. The second kappa shape index (κ2) is 7.16. The predicted octanol–water partition coefficient (Wildman–Crippen LogP) is 0.508. The summed E-state index contributed by atoms with van der Waals surface area (Å²) < 4.78 is 1.74. The van der Waals surface area contributed by atoms with Crippen LogP contribution in [-0.2, 0) is 16.1 Å². The number of hydrazone groups is 1. The van der Waals surface area contributed by atoms with E-state index in [1.807, 2.05) is 49.5 Å². The van der Waals surface area contributed by atoms with Crippen LogP contribution in [0, 0.1) is 0 Å². The second-order valence-electron chi connectivity index (χ2n) is 5.95. The molecule has 0 radical (unpaired) electrons. The van der Waals surface area contributed by atoms with Crippen LogP contribution < -0.4 is 16.1 Å². The summed E-state index contributed by atoms with van der Waals surface area (Å²) >= 11 is 0. The Labute approximate surface area is 145 Å². The number of primary amides is 1. The molecule has 1 aromatic carbocycles. The predicted molar refractivity (Wildman–Crippen MR) is 93.8 cm³/mol. The van der Waals surface area contributed by atoms with E-state index in [4.69, 9.17) is 5.73 Å². The fourth-order valence-electron chi connectivity index (χ4n) is 2.73. The lowest BCUT2D eigenvalue weighted by Crippen LogP contribution is -2.41. The van der Waals surface area contributed by atoms with E-state index in [0.717, 1.165) is 5.69 Å². The number of carbonyl (C=O) groups excluding carboxylic acids is 2. The van der Waals surface area contributed by atoms with Crippen molar-refractivity contribution < 1.29 is 9.59 Å². The Morgan fingerprint density at radius 1 is 1.32 bits per heavy atom. The number of anilines is 1. The van der Waals surface area contributed by atoms with Gasteiger partial charge in [0, 0.05) is 24.9 Å². The molecule has 1 aliphatic heterocycles. The Morgan fingerprint density at radius 3 is 2.72 bits per heavy atom. The number of nitrogens with zero attached hydrogens (tertiary/aromatic N) is 4. The van der Waals surface area contributed by atoms with Crippen molar-refractivity contribution in [2.75, 3.05) is 5.01 Å². The van der Waals surface area contributed by atoms with E-state index in [2.05, 4.69) is 15.5 Å². The highest BCUT2D eigenvalue weighted by Crippen LogP contribution is 2.24. The Balaban J connectivity index is 1.70. The summed E-state index contributed by atoms with van der Waals surface area (Å²) in [6.07, 6.45) is 3.70. The van der Waals surface area contributed by atoms with Crippen LogP contribution in [0.4, 0.5) is 5.69 Å². The average Bonchev–Trinajstić information content (AvgIpc) is 3.24. The van der Waals surface area contributed by atoms with Gasteiger partial charge in [-0.1, -0.05) is 18.2 Å². The number of amides is 2. The molecule has 1 aliphatic rings. The van der Waals surface area contributed by atoms with Crippen molar-refractivity contribution in [2.45, 2.75) is 32.0 Å². The maximum Gasteiger partial charge on any atom is 0.267 e. The smallest absolute Gasteiger partial charge is 0.267 e. The van der Waals surface area contributed by atoms with Crippen LogP contribution in [0.5, 0.6) is 0 Å². The van der Waals surface area contributed by atoms with Crippen molar-refractivity contribution in [2.24, 2.45) is 10.8 Å². The Bertz CT molecular complexity index is 772. The third-order valence-corrected chi connectivity index (χ3v) is 3.92. The second-order valence-corrected chi connectivity index (χ2v) is 5.95. The van der Waals surface area contributed by atoms with Gasteiger partial charge in [0.15, 0.2) is 0 Å². The molecule has 3 rings (SSSR count). The number of aromatic nitrogens is 2. The first-order valence-electron chi connectivity index (χ1n) is 8.04. The molecular weight excluding hydrogens is 320 g/mol. The van der Waals surface area contributed by atoms with Crippen LogP contribution >= 0.6 is 0 Å². The topological polar surface area (TPSA) is 106 Å². The summed E-state index contributed by atoms with van der Waals surface area (Å²) in [4.78, 5) is 24.2. The van der Waals surface area contributed by atoms with Gasteiger partial charge in [-0.25, -0.2) is 0 Å². The van der Waals surface area contributed by atoms with Crippen molar-refractivity contribution in [3.63, 3.8) is 0 Å². The summed E-state index contributed by atoms with van der Waals surface area (Å²) in [5.74, 6) is -0.815. The van der Waals surface area contributed by atoms with Crippen LogP contribution in [0.15, 0.2) is 53.9 Å². The lowest BCUT2D eigenvalue weighted by atomic mass is 10.1. The summed E-state index contributed by atoms with van der Waals surface area (Å²) in [6, 6.07) is 10.2. The van der Waals surface area contributed by atoms with Gasteiger partial charge in [0.2, 0.25) is 5.91 Å². The quantitative estimate of drug-likeness (QED) is 0.799. The molecule has 130 valence electrons. The van der Waals surface area contributed by atoms with Gasteiger partial charge in [0.05, 0.1) is 12.2 Å². The fourth-order valence-corrected chi connectivity index (χ4v) is 2.73. The Hall–Kier alpha value is -3.16. The summed E-state index contributed by atoms with van der Waals surface area (Å²) in [6.45, 7) is 2.43. The van der Waals surface area contributed by atoms with E-state index in [1.54, 1.807) is 10.9 Å². The average molecular weight is 340 g/mol. The first-order valence-corrected chi connectivity index (χ1v) is 8.04. The molecule has 2 amide bonds. The summed E-state index contributed by atoms with van der Waals surface area (Å²) in [5, 5.41) is 12.8. The van der Waals surface area contributed by atoms with Gasteiger partial charge in [-0.15, -0.1) is 0 Å². The van der Waals surface area contributed by atoms with E-state index in [-0.39, 0.29) is 18.4 Å². The van der Waals surface area contributed by atoms with Crippen LogP contribution in [-0.4, -0.2) is 39.4 Å². The van der Waals surface area contributed by atoms with Crippen LogP contribution in [0.25, 0.3) is 0 Å². The minimum absolute atomic E-state index is 0.132. The number of nitrogens with one attached hydrogen (secondary N) is 1. The molecule has 0 spiro atoms. The minimum Gasteiger partial charge on any atom is -0.368 e. The molecule has 2 atom stereocenters. The maximum atomic E-state index is 12.5. The van der Waals surface area contributed by atoms with Crippen molar-refractivity contribution in [3.05, 3.63) is 48.8 Å². The van der Waals surface area contributed by atoms with Crippen molar-refractivity contribution in [3.8, 4) is 0 Å². The Morgan fingerprint density at radius 2 is 2.08 bits per heavy atom. The highest BCUT2D eigenvalue weighted by molar-refractivity contribution is 6.40. The monoisotopic (exact) mass is 340 g/mol. The standard InChI is InChI=1S/C17H20N6O2/c1-12(11-22-9-5-8-19-22)20-17(25)14-10-15(16(18)24)23(21-14)13-6-3-2-4-7-13/h2-9,12,15H,10-11H2,1H3,(H2,18,24)(H,20,25)/t12-,15+/m0/s1. The fraction of sp³-hybridized carbons (Fsp3) is 0.294. The van der Waals surface area contributed by atoms with Gasteiger partial charge in [-0.05, 0) is 25.1 Å². The number of hydrogen-bond acceptors (Lipinski definition) is 5. The molecule has 0 aliphatic carbocycles. The molecule has 25 heavy (non-hydrogen) atoms. The lowest BCUT2D eigenvalue weighted by molar-refractivity contribution is -0.119. The van der Waals surface area contributed by atoms with E-state index in [9.17, 15) is 9.59 Å². The van der Waals surface area contributed by atoms with Crippen molar-refractivity contribution in [1.29, 1.82) is 0 Å². The van der Waals surface area contributed by atoms with E-state index in [1.165, 1.54) is 5.01 Å². The molecular formula is C17H20N6O2. The summed E-state index contributed by atoms with van der Waals surface area (Å²) in [7, 11) is 0. The summed E-state index contributed by atoms with van der Waals surface area (Å²) in [5.41, 5.74) is 6.49. The number of benzene rings is 1. The number of para-hydroxylation sites is 1. The van der Waals surface area contributed by atoms with Gasteiger partial charge in [-0.2, -0.15) is 10.2 Å². The highest BCUT2D eigenvalue weighted by atomic mass is 16.2. The van der Waals surface area contributed by atoms with Crippen LogP contribution in [0.1, 0.15) is 13.3 Å². The third kappa shape index (κ3) is 3.85. The zero-order valence-corrected chi connectivity index (χ0v) is 13.9. The minimum atomic E-state index is -0.662. The van der Waals surface area contributed by atoms with E-state index >= 15 is 0 Å². The zero-order chi connectivity index (χ0) is 17.8. The van der Waals surface area contributed by atoms with E-state index < -0.39 is 11.9 Å². The molecule has 0 saturated heterocycles. The van der Waals surface area contributed by atoms with Crippen LogP contribution in [0.2, 0.25) is 0 Å². The lowest BCUT2D eigenvalue weighted by Gasteiger charge is -2.20. The molecule has 3 N–H and O–H groups in total. The molecule has 8 nitrogen and oxygen atoms in total. The number of nitrogens with two attached hydrogens (primary N) is 1. The molecule has 0 saturated carbocycles. The van der Waals surface area contributed by atoms with Gasteiger partial charge >= 0.3 is 0 Å². The number of carbonyl (C=O) groups is 2. The molecule has 0 bridgehead atoms. The van der Waals surface area contributed by atoms with Gasteiger partial charge < -0.3 is 11.1 Å². The van der Waals surface area contributed by atoms with E-state index in [0.29, 0.717) is 12.3 Å². The first-order chi connectivity index (χ1) is 12.0. The Kier molecular flexibility index (Phi) is 4.78. The molecule has 1 aromatic heterocycles. The van der Waals surface area contributed by atoms with Crippen molar-refractivity contribution >= 4 is 23.2 Å². The number of hydrogen-bond donors (Lipinski definition) is 2. The third-order valence-electron chi connectivity index (χ3n) is 3.92. The molecule has 2 aromatic rings. The number of rotatable bonds is 6. The first kappa shape index (κ1) is 16.7. The molecule has 8 heteroatoms. The van der Waals surface area contributed by atoms with Gasteiger partial charge in [0.25, 0.3) is 5.91 Å². The maximum absolute atomic E-state index is 12.5. The van der Waals surface area contributed by atoms with Gasteiger partial charge in [-0.3, -0.25) is 19.3 Å². The van der Waals surface area contributed by atoms with Crippen LogP contribution in [0.3, 0.4) is 0 Å². The molecule has 0 fully saturated rings.